The molecule has 0 saturated heterocycles. The minimum atomic E-state index is -0.832. The Bertz CT molecular complexity index is 947. The van der Waals surface area contributed by atoms with Crippen molar-refractivity contribution in [2.75, 3.05) is 39.5 Å². The largest absolute Gasteiger partial charge is 0.481 e. The molecule has 0 bridgehead atoms. The summed E-state index contributed by atoms with van der Waals surface area (Å²) in [5.41, 5.74) is 4.66. The molecule has 2 amide bonds. The van der Waals surface area contributed by atoms with Gasteiger partial charge in [0.2, 0.25) is 5.91 Å². The van der Waals surface area contributed by atoms with Crippen LogP contribution in [0.15, 0.2) is 48.5 Å². The molecule has 2 aromatic carbocycles. The number of rotatable bonds is 13. The number of nitrogens with one attached hydrogen (secondary N) is 1. The molecule has 2 N–H and O–H groups in total. The fraction of sp³-hybridized carbons (Fsp3) is 0.423. The number of alkyl carbamates (subject to hydrolysis) is 1. The molecule has 0 heterocycles. The van der Waals surface area contributed by atoms with Crippen molar-refractivity contribution in [3.63, 3.8) is 0 Å². The zero-order chi connectivity index (χ0) is 24.3. The molecule has 0 spiro atoms. The van der Waals surface area contributed by atoms with Crippen LogP contribution in [0.5, 0.6) is 0 Å². The Morgan fingerprint density at radius 2 is 1.65 bits per heavy atom. The van der Waals surface area contributed by atoms with Gasteiger partial charge in [-0.3, -0.25) is 9.59 Å². The zero-order valence-electron chi connectivity index (χ0n) is 19.5. The molecule has 0 atom stereocenters. The smallest absolute Gasteiger partial charge is 0.407 e. The summed E-state index contributed by atoms with van der Waals surface area (Å²) in [6.45, 7) is 3.48. The predicted octanol–water partition coefficient (Wildman–Crippen LogP) is 3.65. The van der Waals surface area contributed by atoms with E-state index in [0.29, 0.717) is 25.9 Å². The van der Waals surface area contributed by atoms with Crippen LogP contribution in [0.25, 0.3) is 11.1 Å². The van der Waals surface area contributed by atoms with Crippen LogP contribution in [-0.4, -0.2) is 67.4 Å². The first-order valence-electron chi connectivity index (χ1n) is 11.7. The quantitative estimate of drug-likeness (QED) is 0.435. The van der Waals surface area contributed by atoms with Crippen molar-refractivity contribution < 1.29 is 29.0 Å². The first-order valence-corrected chi connectivity index (χ1v) is 11.7. The molecule has 8 heteroatoms. The number of hydrogen-bond acceptors (Lipinski definition) is 5. The van der Waals surface area contributed by atoms with Crippen molar-refractivity contribution >= 4 is 18.0 Å². The maximum absolute atomic E-state index is 12.2. The van der Waals surface area contributed by atoms with Gasteiger partial charge in [0.25, 0.3) is 0 Å². The summed E-state index contributed by atoms with van der Waals surface area (Å²) >= 11 is 0. The third-order valence-electron chi connectivity index (χ3n) is 5.89. The van der Waals surface area contributed by atoms with E-state index in [9.17, 15) is 14.4 Å². The average molecular weight is 469 g/mol. The van der Waals surface area contributed by atoms with E-state index in [4.69, 9.17) is 14.6 Å². The summed E-state index contributed by atoms with van der Waals surface area (Å²) in [5.74, 6) is -0.983. The van der Waals surface area contributed by atoms with Crippen LogP contribution >= 0.6 is 0 Å². The normalized spacial score (nSPS) is 12.0. The van der Waals surface area contributed by atoms with Gasteiger partial charge >= 0.3 is 12.1 Å². The fourth-order valence-electron chi connectivity index (χ4n) is 4.16. The number of carbonyl (C=O) groups excluding carboxylic acids is 2. The second-order valence-corrected chi connectivity index (χ2v) is 8.13. The van der Waals surface area contributed by atoms with Gasteiger partial charge < -0.3 is 24.8 Å². The van der Waals surface area contributed by atoms with Crippen molar-refractivity contribution in [2.24, 2.45) is 0 Å². The number of benzene rings is 2. The third-order valence-corrected chi connectivity index (χ3v) is 5.89. The standard InChI is InChI=1S/C26H32N2O6/c1-2-28(15-8-7-13-25(30)31)24(29)18-33-16-14-27-26(32)34-17-23-21-11-5-3-9-19(21)20-10-4-6-12-22(20)23/h3-6,9-12,23H,2,7-8,13-18H2,1H3,(H,27,32)(H,30,31). The van der Waals surface area contributed by atoms with Crippen molar-refractivity contribution in [3.8, 4) is 11.1 Å². The lowest BCUT2D eigenvalue weighted by atomic mass is 9.98. The van der Waals surface area contributed by atoms with Crippen molar-refractivity contribution in [1.29, 1.82) is 0 Å². The fourth-order valence-corrected chi connectivity index (χ4v) is 4.16. The molecule has 0 unspecified atom stereocenters. The van der Waals surface area contributed by atoms with Gasteiger partial charge in [0, 0.05) is 32.0 Å². The average Bonchev–Trinajstić information content (AvgIpc) is 3.16. The van der Waals surface area contributed by atoms with Crippen molar-refractivity contribution in [2.45, 2.75) is 32.1 Å². The first-order chi connectivity index (χ1) is 16.5. The molecule has 182 valence electrons. The van der Waals surface area contributed by atoms with Gasteiger partial charge in [-0.1, -0.05) is 48.5 Å². The molecule has 0 radical (unpaired) electrons. The van der Waals surface area contributed by atoms with E-state index in [1.165, 1.54) is 11.1 Å². The van der Waals surface area contributed by atoms with Crippen LogP contribution in [-0.2, 0) is 19.1 Å². The summed E-state index contributed by atoms with van der Waals surface area (Å²) in [7, 11) is 0. The van der Waals surface area contributed by atoms with Gasteiger partial charge in [0.15, 0.2) is 0 Å². The van der Waals surface area contributed by atoms with Gasteiger partial charge in [0.05, 0.1) is 6.61 Å². The number of amides is 2. The predicted molar refractivity (Wildman–Crippen MR) is 128 cm³/mol. The van der Waals surface area contributed by atoms with Crippen molar-refractivity contribution in [3.05, 3.63) is 59.7 Å². The number of ether oxygens (including phenoxy) is 2. The van der Waals surface area contributed by atoms with Gasteiger partial charge in [-0.15, -0.1) is 0 Å². The minimum absolute atomic E-state index is 0.00236. The SMILES string of the molecule is CCN(CCCCC(=O)O)C(=O)COCCNC(=O)OCC1c2ccccc2-c2ccccc21. The molecule has 1 aliphatic rings. The molecule has 0 fully saturated rings. The lowest BCUT2D eigenvalue weighted by Crippen LogP contribution is -2.36. The second-order valence-electron chi connectivity index (χ2n) is 8.13. The van der Waals surface area contributed by atoms with E-state index in [1.807, 2.05) is 31.2 Å². The van der Waals surface area contributed by atoms with Gasteiger partial charge in [-0.25, -0.2) is 4.79 Å². The van der Waals surface area contributed by atoms with E-state index in [1.54, 1.807) is 4.90 Å². The van der Waals surface area contributed by atoms with E-state index in [2.05, 4.69) is 29.6 Å². The minimum Gasteiger partial charge on any atom is -0.481 e. The second kappa shape index (κ2) is 12.7. The highest BCUT2D eigenvalue weighted by atomic mass is 16.5. The van der Waals surface area contributed by atoms with Crippen LogP contribution < -0.4 is 5.32 Å². The first kappa shape index (κ1) is 25.2. The molecular weight excluding hydrogens is 436 g/mol. The highest BCUT2D eigenvalue weighted by Crippen LogP contribution is 2.44. The number of aliphatic carboxylic acids is 1. The number of nitrogens with zero attached hydrogens (tertiary/aromatic N) is 1. The number of fused-ring (bicyclic) bond motifs is 3. The van der Waals surface area contributed by atoms with E-state index in [0.717, 1.165) is 11.1 Å². The molecule has 2 aromatic rings. The van der Waals surface area contributed by atoms with E-state index in [-0.39, 0.29) is 44.6 Å². The number of carboxylic acid groups (broad SMARTS) is 1. The lowest BCUT2D eigenvalue weighted by Gasteiger charge is -2.20. The summed E-state index contributed by atoms with van der Waals surface area (Å²) < 4.78 is 10.9. The summed E-state index contributed by atoms with van der Waals surface area (Å²) in [6.07, 6.45) is 0.744. The molecule has 3 rings (SSSR count). The van der Waals surface area contributed by atoms with Gasteiger partial charge in [0.1, 0.15) is 13.2 Å². The molecule has 0 aliphatic heterocycles. The molecular formula is C26H32N2O6. The van der Waals surface area contributed by atoms with Crippen LogP contribution in [0.3, 0.4) is 0 Å². The molecule has 8 nitrogen and oxygen atoms in total. The monoisotopic (exact) mass is 468 g/mol. The molecule has 34 heavy (non-hydrogen) atoms. The topological polar surface area (TPSA) is 105 Å². The number of carboxylic acids is 1. The summed E-state index contributed by atoms with van der Waals surface area (Å²) in [5, 5.41) is 11.3. The molecule has 0 aromatic heterocycles. The van der Waals surface area contributed by atoms with Crippen molar-refractivity contribution in [1.82, 2.24) is 10.2 Å². The summed E-state index contributed by atoms with van der Waals surface area (Å²) in [4.78, 5) is 36.6. The number of unbranched alkanes of at least 4 members (excludes halogenated alkanes) is 1. The van der Waals surface area contributed by atoms with Gasteiger partial charge in [-0.05, 0) is 42.0 Å². The maximum atomic E-state index is 12.2. The Balaban J connectivity index is 1.34. The highest BCUT2D eigenvalue weighted by Gasteiger charge is 2.28. The Morgan fingerprint density at radius 1 is 1.00 bits per heavy atom. The highest BCUT2D eigenvalue weighted by molar-refractivity contribution is 5.79. The Kier molecular flexibility index (Phi) is 9.46. The molecule has 0 saturated carbocycles. The molecule has 1 aliphatic carbocycles. The summed E-state index contributed by atoms with van der Waals surface area (Å²) in [6, 6.07) is 16.3. The zero-order valence-corrected chi connectivity index (χ0v) is 19.5. The van der Waals surface area contributed by atoms with Crippen LogP contribution in [0.1, 0.15) is 43.2 Å². The van der Waals surface area contributed by atoms with Crippen LogP contribution in [0.2, 0.25) is 0 Å². The van der Waals surface area contributed by atoms with Gasteiger partial charge in [-0.2, -0.15) is 0 Å². The van der Waals surface area contributed by atoms with E-state index < -0.39 is 12.1 Å². The third kappa shape index (κ3) is 6.81. The van der Waals surface area contributed by atoms with Crippen LogP contribution in [0.4, 0.5) is 4.79 Å². The lowest BCUT2D eigenvalue weighted by molar-refractivity contribution is -0.137. The van der Waals surface area contributed by atoms with Crippen LogP contribution in [0, 0.1) is 0 Å². The number of likely N-dealkylation sites (N-methyl/N-ethyl adjacent to an activating group) is 1. The van der Waals surface area contributed by atoms with E-state index >= 15 is 0 Å². The Labute approximate surface area is 199 Å². The number of hydrogen-bond donors (Lipinski definition) is 2. The Hall–Kier alpha value is -3.39. The Morgan fingerprint density at radius 3 is 2.26 bits per heavy atom. The number of carbonyl (C=O) groups is 3. The maximum Gasteiger partial charge on any atom is 0.407 e.